The second-order valence-electron chi connectivity index (χ2n) is 6.65. The summed E-state index contributed by atoms with van der Waals surface area (Å²) in [5.74, 6) is 1.70. The smallest absolute Gasteiger partial charge is 0.147 e. The number of anilines is 1. The third-order valence-electron chi connectivity index (χ3n) is 4.58. The minimum atomic E-state index is -0.500. The molecule has 0 bridgehead atoms. The Balaban J connectivity index is 1.62. The van der Waals surface area contributed by atoms with E-state index in [4.69, 9.17) is 21.2 Å². The maximum atomic E-state index is 9.07. The molecule has 4 N–H and O–H groups in total. The molecule has 4 rings (SSSR count). The van der Waals surface area contributed by atoms with E-state index in [0.29, 0.717) is 40.8 Å². The molecule has 1 atom stereocenters. The third kappa shape index (κ3) is 4.37. The molecule has 1 aromatic carbocycles. The summed E-state index contributed by atoms with van der Waals surface area (Å²) < 4.78 is 0. The Hall–Kier alpha value is -4.60. The highest BCUT2D eigenvalue weighted by Gasteiger charge is 2.17. The minimum Gasteiger partial charge on any atom is -0.368 e. The first-order valence-corrected chi connectivity index (χ1v) is 9.41. The van der Waals surface area contributed by atoms with E-state index < -0.39 is 6.04 Å². The SMILES string of the molecule is N#Cc1ccc(-c2nc(C(N)CNc3ccc(C#N)cn3)ncc2-c2ncc[nH]2)cc1. The van der Waals surface area contributed by atoms with Crippen LogP contribution in [0.4, 0.5) is 5.82 Å². The molecule has 0 aliphatic rings. The zero-order valence-electron chi connectivity index (χ0n) is 16.3. The van der Waals surface area contributed by atoms with Gasteiger partial charge in [-0.1, -0.05) is 12.1 Å². The van der Waals surface area contributed by atoms with Gasteiger partial charge in [0.2, 0.25) is 0 Å². The van der Waals surface area contributed by atoms with Crippen molar-refractivity contribution >= 4 is 5.82 Å². The second kappa shape index (κ2) is 8.82. The summed E-state index contributed by atoms with van der Waals surface area (Å²) in [4.78, 5) is 20.7. The first kappa shape index (κ1) is 19.7. The number of nitrogens with zero attached hydrogens (tertiary/aromatic N) is 6. The molecule has 0 spiro atoms. The van der Waals surface area contributed by atoms with Crippen molar-refractivity contribution in [1.29, 1.82) is 10.5 Å². The molecule has 0 amide bonds. The maximum absolute atomic E-state index is 9.07. The van der Waals surface area contributed by atoms with Crippen LogP contribution in [0.15, 0.2) is 61.2 Å². The molecule has 0 saturated heterocycles. The molecule has 0 radical (unpaired) electrons. The molecular weight excluding hydrogens is 390 g/mol. The van der Waals surface area contributed by atoms with E-state index >= 15 is 0 Å². The fourth-order valence-corrected chi connectivity index (χ4v) is 2.95. The monoisotopic (exact) mass is 407 g/mol. The quantitative estimate of drug-likeness (QED) is 0.441. The molecule has 3 heterocycles. The van der Waals surface area contributed by atoms with E-state index in [9.17, 15) is 0 Å². The number of benzene rings is 1. The Morgan fingerprint density at radius 2 is 1.74 bits per heavy atom. The van der Waals surface area contributed by atoms with Gasteiger partial charge in [0.25, 0.3) is 0 Å². The number of nitriles is 2. The second-order valence-corrected chi connectivity index (χ2v) is 6.65. The minimum absolute atomic E-state index is 0.353. The van der Waals surface area contributed by atoms with Gasteiger partial charge in [-0.2, -0.15) is 10.5 Å². The molecule has 0 aliphatic heterocycles. The summed E-state index contributed by atoms with van der Waals surface area (Å²) in [6, 6.07) is 14.2. The summed E-state index contributed by atoms with van der Waals surface area (Å²) in [7, 11) is 0. The van der Waals surface area contributed by atoms with Crippen LogP contribution in [-0.4, -0.2) is 31.5 Å². The highest BCUT2D eigenvalue weighted by atomic mass is 15.0. The molecule has 0 saturated carbocycles. The Morgan fingerprint density at radius 1 is 0.968 bits per heavy atom. The fraction of sp³-hybridized carbons (Fsp3) is 0.0909. The van der Waals surface area contributed by atoms with Crippen molar-refractivity contribution in [3.05, 3.63) is 78.1 Å². The van der Waals surface area contributed by atoms with Crippen LogP contribution in [-0.2, 0) is 0 Å². The number of hydrogen-bond donors (Lipinski definition) is 3. The van der Waals surface area contributed by atoms with Gasteiger partial charge < -0.3 is 16.0 Å². The predicted octanol–water partition coefficient (Wildman–Crippen LogP) is 2.78. The molecular formula is C22H17N9. The third-order valence-corrected chi connectivity index (χ3v) is 4.58. The van der Waals surface area contributed by atoms with Crippen molar-refractivity contribution in [1.82, 2.24) is 24.9 Å². The maximum Gasteiger partial charge on any atom is 0.147 e. The van der Waals surface area contributed by atoms with Gasteiger partial charge in [0, 0.05) is 36.9 Å². The van der Waals surface area contributed by atoms with Gasteiger partial charge in [0.15, 0.2) is 0 Å². The summed E-state index contributed by atoms with van der Waals surface area (Å²) in [5, 5.41) is 21.1. The van der Waals surface area contributed by atoms with Gasteiger partial charge in [-0.15, -0.1) is 0 Å². The van der Waals surface area contributed by atoms with Crippen LogP contribution in [0.1, 0.15) is 23.0 Å². The van der Waals surface area contributed by atoms with Crippen molar-refractivity contribution in [3.63, 3.8) is 0 Å². The van der Waals surface area contributed by atoms with E-state index in [1.54, 1.807) is 42.9 Å². The normalized spacial score (nSPS) is 11.3. The highest BCUT2D eigenvalue weighted by molar-refractivity contribution is 5.77. The van der Waals surface area contributed by atoms with E-state index in [1.807, 2.05) is 18.2 Å². The standard InChI is InChI=1S/C22H17N9/c23-9-14-1-4-16(5-2-14)20-17(21-26-7-8-27-21)12-30-22(31-20)18(25)13-29-19-6-3-15(10-24)11-28-19/h1-8,11-12,18H,13,25H2,(H,26,27)(H,28,29). The first-order valence-electron chi connectivity index (χ1n) is 9.41. The molecule has 9 nitrogen and oxygen atoms in total. The van der Waals surface area contributed by atoms with Crippen LogP contribution in [0.2, 0.25) is 0 Å². The number of nitrogens with two attached hydrogens (primary N) is 1. The Kier molecular flexibility index (Phi) is 5.61. The Bertz CT molecular complexity index is 1250. The van der Waals surface area contributed by atoms with Crippen molar-refractivity contribution in [2.24, 2.45) is 5.73 Å². The average Bonchev–Trinajstić information content (AvgIpc) is 3.37. The lowest BCUT2D eigenvalue weighted by molar-refractivity contribution is 0.701. The average molecular weight is 407 g/mol. The largest absolute Gasteiger partial charge is 0.368 e. The summed E-state index contributed by atoms with van der Waals surface area (Å²) in [5.41, 5.74) is 9.59. The van der Waals surface area contributed by atoms with Crippen molar-refractivity contribution in [3.8, 4) is 34.8 Å². The first-order chi connectivity index (χ1) is 15.2. The van der Waals surface area contributed by atoms with Crippen LogP contribution < -0.4 is 11.1 Å². The van der Waals surface area contributed by atoms with Gasteiger partial charge in [-0.3, -0.25) is 0 Å². The van der Waals surface area contributed by atoms with E-state index in [-0.39, 0.29) is 0 Å². The number of aromatic amines is 1. The van der Waals surface area contributed by atoms with Gasteiger partial charge in [0.05, 0.1) is 34.5 Å². The van der Waals surface area contributed by atoms with Crippen LogP contribution in [0.25, 0.3) is 22.6 Å². The lowest BCUT2D eigenvalue weighted by atomic mass is 10.0. The van der Waals surface area contributed by atoms with Gasteiger partial charge in [-0.05, 0) is 24.3 Å². The molecule has 150 valence electrons. The number of rotatable bonds is 6. The predicted molar refractivity (Wildman–Crippen MR) is 114 cm³/mol. The molecule has 4 aromatic rings. The molecule has 0 aliphatic carbocycles. The summed E-state index contributed by atoms with van der Waals surface area (Å²) >= 11 is 0. The number of imidazole rings is 1. The number of pyridine rings is 1. The molecule has 1 unspecified atom stereocenters. The zero-order chi connectivity index (χ0) is 21.6. The number of hydrogen-bond acceptors (Lipinski definition) is 8. The van der Waals surface area contributed by atoms with Crippen molar-refractivity contribution in [2.45, 2.75) is 6.04 Å². The van der Waals surface area contributed by atoms with Crippen molar-refractivity contribution in [2.75, 3.05) is 11.9 Å². The van der Waals surface area contributed by atoms with Crippen LogP contribution >= 0.6 is 0 Å². The van der Waals surface area contributed by atoms with Crippen LogP contribution in [0.3, 0.4) is 0 Å². The van der Waals surface area contributed by atoms with E-state index in [1.165, 1.54) is 6.20 Å². The topological polar surface area (TPSA) is 153 Å². The zero-order valence-corrected chi connectivity index (χ0v) is 16.3. The fourth-order valence-electron chi connectivity index (χ4n) is 2.95. The lowest BCUT2D eigenvalue weighted by Gasteiger charge is -2.15. The van der Waals surface area contributed by atoms with Gasteiger partial charge in [-0.25, -0.2) is 19.9 Å². The number of nitrogens with one attached hydrogen (secondary N) is 2. The van der Waals surface area contributed by atoms with Crippen LogP contribution in [0, 0.1) is 22.7 Å². The van der Waals surface area contributed by atoms with Crippen molar-refractivity contribution < 1.29 is 0 Å². The number of H-pyrrole nitrogens is 1. The van der Waals surface area contributed by atoms with Gasteiger partial charge >= 0.3 is 0 Å². The lowest BCUT2D eigenvalue weighted by Crippen LogP contribution is -2.23. The summed E-state index contributed by atoms with van der Waals surface area (Å²) in [6.07, 6.45) is 6.57. The summed E-state index contributed by atoms with van der Waals surface area (Å²) in [6.45, 7) is 0.353. The van der Waals surface area contributed by atoms with E-state index in [0.717, 1.165) is 11.1 Å². The van der Waals surface area contributed by atoms with Crippen LogP contribution in [0.5, 0.6) is 0 Å². The van der Waals surface area contributed by atoms with E-state index in [2.05, 4.69) is 31.3 Å². The number of aromatic nitrogens is 5. The molecule has 3 aromatic heterocycles. The molecule has 31 heavy (non-hydrogen) atoms. The van der Waals surface area contributed by atoms with Gasteiger partial charge in [0.1, 0.15) is 23.5 Å². The highest BCUT2D eigenvalue weighted by Crippen LogP contribution is 2.29. The Morgan fingerprint density at radius 3 is 2.39 bits per heavy atom. The molecule has 9 heteroatoms. The Labute approximate surface area is 178 Å². The molecule has 0 fully saturated rings.